The standard InChI is InChI=1S/C14H22ClNO4S/c1-8(2)11(9(3)4)7-16-14(17)12-6-13(10(5)20-12)21(15,18)19/h6,8-9,11H,7H2,1-5H3,(H,16,17). The first kappa shape index (κ1) is 18.0. The topological polar surface area (TPSA) is 76.4 Å². The molecule has 1 aromatic rings. The van der Waals surface area contributed by atoms with E-state index in [1.807, 2.05) is 0 Å². The predicted molar refractivity (Wildman–Crippen MR) is 82.0 cm³/mol. The van der Waals surface area contributed by atoms with Gasteiger partial charge < -0.3 is 9.73 Å². The Balaban J connectivity index is 2.82. The van der Waals surface area contributed by atoms with E-state index in [1.54, 1.807) is 0 Å². The molecule has 0 aliphatic heterocycles. The largest absolute Gasteiger partial charge is 0.455 e. The Labute approximate surface area is 130 Å². The van der Waals surface area contributed by atoms with Crippen LogP contribution in [0.4, 0.5) is 0 Å². The highest BCUT2D eigenvalue weighted by Crippen LogP contribution is 2.24. The third-order valence-corrected chi connectivity index (χ3v) is 5.00. The maximum atomic E-state index is 12.0. The van der Waals surface area contributed by atoms with Crippen molar-refractivity contribution in [3.63, 3.8) is 0 Å². The molecule has 0 fully saturated rings. The van der Waals surface area contributed by atoms with Crippen molar-refractivity contribution in [3.05, 3.63) is 17.6 Å². The summed E-state index contributed by atoms with van der Waals surface area (Å²) in [5.41, 5.74) is 0. The summed E-state index contributed by atoms with van der Waals surface area (Å²) in [6, 6.07) is 1.16. The molecule has 1 amide bonds. The Kier molecular flexibility index (Phi) is 5.87. The van der Waals surface area contributed by atoms with Crippen LogP contribution in [0.1, 0.15) is 44.0 Å². The zero-order chi connectivity index (χ0) is 16.4. The van der Waals surface area contributed by atoms with Gasteiger partial charge in [-0.15, -0.1) is 0 Å². The van der Waals surface area contributed by atoms with Gasteiger partial charge >= 0.3 is 0 Å². The average molecular weight is 336 g/mol. The summed E-state index contributed by atoms with van der Waals surface area (Å²) < 4.78 is 27.8. The first-order chi connectivity index (χ1) is 9.54. The van der Waals surface area contributed by atoms with Gasteiger partial charge in [0.1, 0.15) is 10.7 Å². The van der Waals surface area contributed by atoms with E-state index in [-0.39, 0.29) is 16.4 Å². The molecule has 1 N–H and O–H groups in total. The van der Waals surface area contributed by atoms with E-state index >= 15 is 0 Å². The molecule has 0 saturated heterocycles. The van der Waals surface area contributed by atoms with Crippen LogP contribution in [0, 0.1) is 24.7 Å². The highest BCUT2D eigenvalue weighted by atomic mass is 35.7. The second-order valence-electron chi connectivity index (χ2n) is 5.83. The van der Waals surface area contributed by atoms with E-state index in [0.29, 0.717) is 24.3 Å². The fourth-order valence-corrected chi connectivity index (χ4v) is 3.45. The van der Waals surface area contributed by atoms with E-state index in [2.05, 4.69) is 33.0 Å². The minimum atomic E-state index is -3.91. The molecule has 0 aliphatic carbocycles. The molecule has 0 aliphatic rings. The SMILES string of the molecule is Cc1oc(C(=O)NCC(C(C)C)C(C)C)cc1S(=O)(=O)Cl. The molecule has 21 heavy (non-hydrogen) atoms. The summed E-state index contributed by atoms with van der Waals surface area (Å²) in [6.07, 6.45) is 0. The van der Waals surface area contributed by atoms with Crippen molar-refractivity contribution in [1.82, 2.24) is 5.32 Å². The molecule has 1 aromatic heterocycles. The Hall–Kier alpha value is -1.01. The molecule has 7 heteroatoms. The van der Waals surface area contributed by atoms with Gasteiger partial charge in [0.2, 0.25) is 0 Å². The van der Waals surface area contributed by atoms with Crippen LogP contribution >= 0.6 is 10.7 Å². The molecular formula is C14H22ClNO4S. The molecule has 0 aromatic carbocycles. The predicted octanol–water partition coefficient (Wildman–Crippen LogP) is 3.17. The van der Waals surface area contributed by atoms with Crippen LogP contribution in [0.5, 0.6) is 0 Å². The summed E-state index contributed by atoms with van der Waals surface area (Å²) in [5.74, 6) is 0.833. The molecule has 0 spiro atoms. The van der Waals surface area contributed by atoms with Gasteiger partial charge in [0, 0.05) is 23.3 Å². The van der Waals surface area contributed by atoms with Crippen LogP contribution in [0.25, 0.3) is 0 Å². The fraction of sp³-hybridized carbons (Fsp3) is 0.643. The van der Waals surface area contributed by atoms with Crippen molar-refractivity contribution < 1.29 is 17.6 Å². The average Bonchev–Trinajstić information content (AvgIpc) is 2.70. The number of carbonyl (C=O) groups is 1. The number of hydrogen-bond acceptors (Lipinski definition) is 4. The number of amides is 1. The maximum Gasteiger partial charge on any atom is 0.287 e. The lowest BCUT2D eigenvalue weighted by molar-refractivity contribution is 0.0908. The molecule has 0 unspecified atom stereocenters. The van der Waals surface area contributed by atoms with E-state index in [1.165, 1.54) is 6.92 Å². The number of furan rings is 1. The van der Waals surface area contributed by atoms with Crippen molar-refractivity contribution in [1.29, 1.82) is 0 Å². The summed E-state index contributed by atoms with van der Waals surface area (Å²) >= 11 is 0. The van der Waals surface area contributed by atoms with Gasteiger partial charge in [0.25, 0.3) is 15.0 Å². The van der Waals surface area contributed by atoms with Gasteiger partial charge in [-0.2, -0.15) is 0 Å². The van der Waals surface area contributed by atoms with Crippen molar-refractivity contribution in [2.24, 2.45) is 17.8 Å². The van der Waals surface area contributed by atoms with E-state index in [4.69, 9.17) is 15.1 Å². The molecule has 0 atom stereocenters. The van der Waals surface area contributed by atoms with Crippen LogP contribution in [-0.2, 0) is 9.05 Å². The second kappa shape index (κ2) is 6.83. The van der Waals surface area contributed by atoms with Gasteiger partial charge in [0.05, 0.1) is 0 Å². The van der Waals surface area contributed by atoms with E-state index in [9.17, 15) is 13.2 Å². The van der Waals surface area contributed by atoms with Crippen LogP contribution in [0.15, 0.2) is 15.4 Å². The van der Waals surface area contributed by atoms with Gasteiger partial charge in [0.15, 0.2) is 5.76 Å². The van der Waals surface area contributed by atoms with Gasteiger partial charge in [-0.3, -0.25) is 4.79 Å². The third-order valence-electron chi connectivity index (χ3n) is 3.57. The summed E-state index contributed by atoms with van der Waals surface area (Å²) in [7, 11) is 1.37. The lowest BCUT2D eigenvalue weighted by Gasteiger charge is -2.24. The fourth-order valence-electron chi connectivity index (χ4n) is 2.36. The van der Waals surface area contributed by atoms with Crippen molar-refractivity contribution >= 4 is 25.6 Å². The van der Waals surface area contributed by atoms with Crippen LogP contribution < -0.4 is 5.32 Å². The zero-order valence-corrected chi connectivity index (χ0v) is 14.5. The maximum absolute atomic E-state index is 12.0. The quantitative estimate of drug-likeness (QED) is 0.810. The monoisotopic (exact) mass is 335 g/mol. The number of rotatable bonds is 6. The molecule has 120 valence electrons. The van der Waals surface area contributed by atoms with Crippen LogP contribution in [0.2, 0.25) is 0 Å². The van der Waals surface area contributed by atoms with Crippen molar-refractivity contribution in [2.75, 3.05) is 6.54 Å². The zero-order valence-electron chi connectivity index (χ0n) is 12.9. The minimum absolute atomic E-state index is 0.0435. The molecular weight excluding hydrogens is 314 g/mol. The van der Waals surface area contributed by atoms with Gasteiger partial charge in [-0.25, -0.2) is 8.42 Å². The number of aryl methyl sites for hydroxylation is 1. The van der Waals surface area contributed by atoms with Gasteiger partial charge in [-0.05, 0) is 24.7 Å². The first-order valence-corrected chi connectivity index (χ1v) is 9.18. The van der Waals surface area contributed by atoms with Crippen molar-refractivity contribution in [3.8, 4) is 0 Å². The molecule has 0 bridgehead atoms. The lowest BCUT2D eigenvalue weighted by Crippen LogP contribution is -2.33. The Morgan fingerprint density at radius 1 is 1.29 bits per heavy atom. The van der Waals surface area contributed by atoms with Crippen molar-refractivity contribution in [2.45, 2.75) is 39.5 Å². The molecule has 5 nitrogen and oxygen atoms in total. The minimum Gasteiger partial charge on any atom is -0.455 e. The molecule has 0 radical (unpaired) electrons. The third kappa shape index (κ3) is 4.74. The lowest BCUT2D eigenvalue weighted by atomic mass is 9.85. The molecule has 1 heterocycles. The smallest absolute Gasteiger partial charge is 0.287 e. The number of halogens is 1. The number of hydrogen-bond donors (Lipinski definition) is 1. The second-order valence-corrected chi connectivity index (χ2v) is 8.37. The van der Waals surface area contributed by atoms with Crippen LogP contribution in [-0.4, -0.2) is 20.9 Å². The van der Waals surface area contributed by atoms with Gasteiger partial charge in [-0.1, -0.05) is 27.7 Å². The first-order valence-electron chi connectivity index (χ1n) is 6.87. The summed E-state index contributed by atoms with van der Waals surface area (Å²) in [6.45, 7) is 10.4. The highest BCUT2D eigenvalue weighted by Gasteiger charge is 2.23. The highest BCUT2D eigenvalue weighted by molar-refractivity contribution is 8.13. The Morgan fingerprint density at radius 2 is 1.81 bits per heavy atom. The van der Waals surface area contributed by atoms with Crippen LogP contribution in [0.3, 0.4) is 0 Å². The number of nitrogens with one attached hydrogen (secondary N) is 1. The van der Waals surface area contributed by atoms with E-state index in [0.717, 1.165) is 6.07 Å². The van der Waals surface area contributed by atoms with E-state index < -0.39 is 15.0 Å². The number of carbonyl (C=O) groups excluding carboxylic acids is 1. The molecule has 0 saturated carbocycles. The molecule has 1 rings (SSSR count). The summed E-state index contributed by atoms with van der Waals surface area (Å²) in [4.78, 5) is 11.9. The Morgan fingerprint density at radius 3 is 2.19 bits per heavy atom. The Bertz CT molecular complexity index is 596. The summed E-state index contributed by atoms with van der Waals surface area (Å²) in [5, 5.41) is 2.78. The normalized spacial score (nSPS) is 12.4.